The molecule has 1 aromatic carbocycles. The number of benzene rings is 1. The van der Waals surface area contributed by atoms with Gasteiger partial charge in [-0.2, -0.15) is 0 Å². The van der Waals surface area contributed by atoms with E-state index in [-0.39, 0.29) is 17.3 Å². The van der Waals surface area contributed by atoms with Crippen LogP contribution < -0.4 is 5.32 Å². The first-order chi connectivity index (χ1) is 7.35. The van der Waals surface area contributed by atoms with E-state index < -0.39 is 17.0 Å². The third kappa shape index (κ3) is 3.32. The summed E-state index contributed by atoms with van der Waals surface area (Å²) in [6.07, 6.45) is 0. The highest BCUT2D eigenvalue weighted by molar-refractivity contribution is 6.33. The first-order valence-electron chi connectivity index (χ1n) is 4.85. The quantitative estimate of drug-likeness (QED) is 0.860. The Bertz CT molecular complexity index is 359. The molecule has 0 fully saturated rings. The highest BCUT2D eigenvalue weighted by atomic mass is 35.5. The van der Waals surface area contributed by atoms with E-state index in [0.29, 0.717) is 6.54 Å². The lowest BCUT2D eigenvalue weighted by atomic mass is 9.95. The predicted molar refractivity (Wildman–Crippen MR) is 60.7 cm³/mol. The molecule has 0 bridgehead atoms. The molecule has 0 spiro atoms. The van der Waals surface area contributed by atoms with Gasteiger partial charge in [0.15, 0.2) is 5.82 Å². The summed E-state index contributed by atoms with van der Waals surface area (Å²) >= 11 is 5.70. The molecule has 1 rings (SSSR count). The van der Waals surface area contributed by atoms with Crippen LogP contribution in [0.1, 0.15) is 13.8 Å². The summed E-state index contributed by atoms with van der Waals surface area (Å²) in [5.74, 6) is -1.45. The van der Waals surface area contributed by atoms with Gasteiger partial charge in [-0.15, -0.1) is 0 Å². The maximum absolute atomic E-state index is 13.3. The minimum atomic E-state index is -0.737. The molecule has 0 aromatic heterocycles. The van der Waals surface area contributed by atoms with Crippen LogP contribution in [-0.2, 0) is 0 Å². The van der Waals surface area contributed by atoms with E-state index in [2.05, 4.69) is 5.32 Å². The van der Waals surface area contributed by atoms with Crippen LogP contribution in [0.15, 0.2) is 12.1 Å². The molecule has 0 unspecified atom stereocenters. The van der Waals surface area contributed by atoms with E-state index in [9.17, 15) is 8.78 Å². The van der Waals surface area contributed by atoms with Crippen molar-refractivity contribution in [2.24, 2.45) is 5.41 Å². The maximum Gasteiger partial charge on any atom is 0.150 e. The molecule has 90 valence electrons. The summed E-state index contributed by atoms with van der Waals surface area (Å²) in [6.45, 7) is 3.93. The number of hydrogen-bond acceptors (Lipinski definition) is 2. The van der Waals surface area contributed by atoms with E-state index in [1.54, 1.807) is 0 Å². The second kappa shape index (κ2) is 4.97. The first kappa shape index (κ1) is 13.2. The second-order valence-corrected chi connectivity index (χ2v) is 4.83. The van der Waals surface area contributed by atoms with Crippen LogP contribution >= 0.6 is 11.6 Å². The zero-order valence-electron chi connectivity index (χ0n) is 9.15. The van der Waals surface area contributed by atoms with Gasteiger partial charge in [-0.25, -0.2) is 8.78 Å². The van der Waals surface area contributed by atoms with Crippen LogP contribution in [0.3, 0.4) is 0 Å². The Morgan fingerprint density at radius 3 is 2.50 bits per heavy atom. The van der Waals surface area contributed by atoms with E-state index in [1.165, 1.54) is 0 Å². The second-order valence-electron chi connectivity index (χ2n) is 4.42. The van der Waals surface area contributed by atoms with E-state index in [1.807, 2.05) is 13.8 Å². The molecular weight excluding hydrogens is 236 g/mol. The van der Waals surface area contributed by atoms with Crippen LogP contribution in [-0.4, -0.2) is 18.3 Å². The summed E-state index contributed by atoms with van der Waals surface area (Å²) in [6, 6.07) is 1.80. The SMILES string of the molecule is CC(C)(CO)CNc1c(F)cc(F)cc1Cl. The summed E-state index contributed by atoms with van der Waals surface area (Å²) in [5.41, 5.74) is -0.339. The fourth-order valence-electron chi connectivity index (χ4n) is 1.09. The molecule has 2 N–H and O–H groups in total. The van der Waals surface area contributed by atoms with Gasteiger partial charge in [0.05, 0.1) is 10.7 Å². The van der Waals surface area contributed by atoms with Gasteiger partial charge in [0.25, 0.3) is 0 Å². The van der Waals surface area contributed by atoms with Crippen molar-refractivity contribution < 1.29 is 13.9 Å². The molecule has 0 aliphatic carbocycles. The highest BCUT2D eigenvalue weighted by Gasteiger charge is 2.18. The molecule has 0 amide bonds. The number of aliphatic hydroxyl groups is 1. The summed E-state index contributed by atoms with van der Waals surface area (Å²) in [4.78, 5) is 0. The summed E-state index contributed by atoms with van der Waals surface area (Å²) < 4.78 is 26.1. The molecule has 16 heavy (non-hydrogen) atoms. The van der Waals surface area contributed by atoms with Crippen molar-refractivity contribution in [2.75, 3.05) is 18.5 Å². The molecule has 5 heteroatoms. The lowest BCUT2D eigenvalue weighted by molar-refractivity contribution is 0.170. The molecule has 0 saturated heterocycles. The highest BCUT2D eigenvalue weighted by Crippen LogP contribution is 2.27. The number of nitrogens with one attached hydrogen (secondary N) is 1. The van der Waals surface area contributed by atoms with Gasteiger partial charge < -0.3 is 10.4 Å². The molecule has 0 aliphatic heterocycles. The van der Waals surface area contributed by atoms with Gasteiger partial charge >= 0.3 is 0 Å². The van der Waals surface area contributed by atoms with E-state index >= 15 is 0 Å². The number of aliphatic hydroxyl groups excluding tert-OH is 1. The Labute approximate surface area is 98.2 Å². The van der Waals surface area contributed by atoms with Crippen molar-refractivity contribution in [1.82, 2.24) is 0 Å². The molecule has 0 saturated carbocycles. The number of hydrogen-bond donors (Lipinski definition) is 2. The van der Waals surface area contributed by atoms with Crippen LogP contribution in [0.25, 0.3) is 0 Å². The molecule has 0 atom stereocenters. The third-order valence-corrected chi connectivity index (χ3v) is 2.48. The zero-order valence-corrected chi connectivity index (χ0v) is 9.91. The molecular formula is C11H14ClF2NO. The Hall–Kier alpha value is -0.870. The van der Waals surface area contributed by atoms with E-state index in [4.69, 9.17) is 16.7 Å². The largest absolute Gasteiger partial charge is 0.396 e. The fraction of sp³-hybridized carbons (Fsp3) is 0.455. The predicted octanol–water partition coefficient (Wildman–Crippen LogP) is 3.05. The molecule has 1 aromatic rings. The lowest BCUT2D eigenvalue weighted by Crippen LogP contribution is -2.27. The first-order valence-corrected chi connectivity index (χ1v) is 5.23. The normalized spacial score (nSPS) is 11.6. The minimum absolute atomic E-state index is 0.00811. The summed E-state index contributed by atoms with van der Waals surface area (Å²) in [7, 11) is 0. The van der Waals surface area contributed by atoms with Crippen molar-refractivity contribution in [3.05, 3.63) is 28.8 Å². The van der Waals surface area contributed by atoms with Gasteiger partial charge in [0.1, 0.15) is 5.82 Å². The monoisotopic (exact) mass is 249 g/mol. The van der Waals surface area contributed by atoms with Crippen LogP contribution in [0.5, 0.6) is 0 Å². The smallest absolute Gasteiger partial charge is 0.150 e. The zero-order chi connectivity index (χ0) is 12.3. The van der Waals surface area contributed by atoms with Crippen molar-refractivity contribution in [3.63, 3.8) is 0 Å². The van der Waals surface area contributed by atoms with Gasteiger partial charge in [0.2, 0.25) is 0 Å². The van der Waals surface area contributed by atoms with Crippen molar-refractivity contribution >= 4 is 17.3 Å². The topological polar surface area (TPSA) is 32.3 Å². The maximum atomic E-state index is 13.3. The van der Waals surface area contributed by atoms with Gasteiger partial charge in [-0.1, -0.05) is 25.4 Å². The molecule has 0 heterocycles. The molecule has 0 aliphatic rings. The molecule has 2 nitrogen and oxygen atoms in total. The van der Waals surface area contributed by atoms with Gasteiger partial charge in [-0.05, 0) is 6.07 Å². The van der Waals surface area contributed by atoms with Crippen molar-refractivity contribution in [3.8, 4) is 0 Å². The Kier molecular flexibility index (Phi) is 4.10. The van der Waals surface area contributed by atoms with Crippen molar-refractivity contribution in [1.29, 1.82) is 0 Å². The average molecular weight is 250 g/mol. The lowest BCUT2D eigenvalue weighted by Gasteiger charge is -2.23. The van der Waals surface area contributed by atoms with Crippen LogP contribution in [0.4, 0.5) is 14.5 Å². The minimum Gasteiger partial charge on any atom is -0.396 e. The Balaban J connectivity index is 2.82. The molecule has 0 radical (unpaired) electrons. The number of rotatable bonds is 4. The van der Waals surface area contributed by atoms with Crippen LogP contribution in [0, 0.1) is 17.0 Å². The number of anilines is 1. The Morgan fingerprint density at radius 2 is 2.00 bits per heavy atom. The fourth-order valence-corrected chi connectivity index (χ4v) is 1.36. The van der Waals surface area contributed by atoms with Gasteiger partial charge in [-0.3, -0.25) is 0 Å². The standard InChI is InChI=1S/C11H14ClF2NO/c1-11(2,6-16)5-15-10-8(12)3-7(13)4-9(10)14/h3-4,15-16H,5-6H2,1-2H3. The average Bonchev–Trinajstić information content (AvgIpc) is 2.16. The van der Waals surface area contributed by atoms with Gasteiger partial charge in [0, 0.05) is 24.6 Å². The van der Waals surface area contributed by atoms with Crippen LogP contribution in [0.2, 0.25) is 5.02 Å². The Morgan fingerprint density at radius 1 is 1.38 bits per heavy atom. The number of halogens is 3. The van der Waals surface area contributed by atoms with Crippen molar-refractivity contribution in [2.45, 2.75) is 13.8 Å². The van der Waals surface area contributed by atoms with E-state index in [0.717, 1.165) is 12.1 Å². The summed E-state index contributed by atoms with van der Waals surface area (Å²) in [5, 5.41) is 11.8. The third-order valence-electron chi connectivity index (χ3n) is 2.18.